The van der Waals surface area contributed by atoms with E-state index in [0.29, 0.717) is 0 Å². The molecule has 0 saturated heterocycles. The Balaban J connectivity index is 5.12. The molecule has 0 spiro atoms. The molecule has 20 heavy (non-hydrogen) atoms. The monoisotopic (exact) mass is 289 g/mol. The van der Waals surface area contributed by atoms with Gasteiger partial charge in [-0.2, -0.15) is 0 Å². The maximum atomic E-state index is 11.7. The van der Waals surface area contributed by atoms with Gasteiger partial charge in [0.15, 0.2) is 0 Å². The lowest BCUT2D eigenvalue weighted by molar-refractivity contribution is -0.185. The van der Waals surface area contributed by atoms with Crippen molar-refractivity contribution in [3.63, 3.8) is 0 Å². The molecule has 0 unspecified atom stereocenters. The van der Waals surface area contributed by atoms with Crippen molar-refractivity contribution < 1.29 is 19.1 Å². The summed E-state index contributed by atoms with van der Waals surface area (Å²) in [5, 5.41) is 0. The zero-order valence-corrected chi connectivity index (χ0v) is 13.7. The van der Waals surface area contributed by atoms with Crippen LogP contribution in [0.4, 0.5) is 9.59 Å². The summed E-state index contributed by atoms with van der Waals surface area (Å²) in [4.78, 5) is 27.8. The van der Waals surface area contributed by atoms with E-state index in [1.807, 2.05) is 32.6 Å². The lowest BCUT2D eigenvalue weighted by atomic mass is 10.2. The van der Waals surface area contributed by atoms with E-state index in [4.69, 9.17) is 9.47 Å². The average Bonchev–Trinajstić information content (AvgIpc) is 2.26. The number of rotatable bonds is 5. The number of carbonyl (C=O) groups excluding carboxylic acids is 2. The molecule has 0 aromatic heterocycles. The Hall–Kier alpha value is -1.50. The Kier molecular flexibility index (Phi) is 7.34. The highest BCUT2D eigenvalue weighted by atomic mass is 16.7. The number of nitrogens with zero attached hydrogens (tertiary/aromatic N) is 3. The SMILES string of the molecule is CC(C)N(C(C)C)C(OC(=O)N(C)C)OC(=O)N(C)C. The van der Waals surface area contributed by atoms with Gasteiger partial charge in [-0.25, -0.2) is 14.5 Å². The fraction of sp³-hybridized carbons (Fsp3) is 0.846. The molecule has 0 aliphatic carbocycles. The van der Waals surface area contributed by atoms with Gasteiger partial charge in [-0.1, -0.05) is 0 Å². The van der Waals surface area contributed by atoms with Crippen LogP contribution in [0.5, 0.6) is 0 Å². The standard InChI is InChI=1S/C13H27N3O4/c1-9(2)16(10(3)4)13(19-11(17)14(5)6)20-12(18)15(7)8/h9-10,13H,1-8H3. The van der Waals surface area contributed by atoms with Crippen molar-refractivity contribution in [2.24, 2.45) is 0 Å². The van der Waals surface area contributed by atoms with Gasteiger partial charge in [0, 0.05) is 40.3 Å². The quantitative estimate of drug-likeness (QED) is 0.722. The minimum Gasteiger partial charge on any atom is -0.394 e. The molecule has 0 N–H and O–H groups in total. The van der Waals surface area contributed by atoms with Crippen molar-refractivity contribution in [1.29, 1.82) is 0 Å². The van der Waals surface area contributed by atoms with Gasteiger partial charge < -0.3 is 19.3 Å². The molecule has 0 saturated carbocycles. The molecule has 0 bridgehead atoms. The zero-order chi connectivity index (χ0) is 16.0. The first-order valence-corrected chi connectivity index (χ1v) is 6.61. The predicted molar refractivity (Wildman–Crippen MR) is 76.2 cm³/mol. The van der Waals surface area contributed by atoms with Crippen molar-refractivity contribution in [3.05, 3.63) is 0 Å². The molecule has 0 fully saturated rings. The predicted octanol–water partition coefficient (Wildman–Crippen LogP) is 1.79. The van der Waals surface area contributed by atoms with E-state index < -0.39 is 18.6 Å². The topological polar surface area (TPSA) is 62.3 Å². The number of amides is 2. The molecule has 2 amide bonds. The fourth-order valence-corrected chi connectivity index (χ4v) is 1.61. The van der Waals surface area contributed by atoms with Gasteiger partial charge in [-0.05, 0) is 27.7 Å². The lowest BCUT2D eigenvalue weighted by Gasteiger charge is -2.36. The Morgan fingerprint density at radius 2 is 1.05 bits per heavy atom. The Bertz CT molecular complexity index is 300. The molecule has 0 radical (unpaired) electrons. The van der Waals surface area contributed by atoms with E-state index in [-0.39, 0.29) is 12.1 Å². The minimum absolute atomic E-state index is 0.0462. The number of ether oxygens (including phenoxy) is 2. The molecule has 118 valence electrons. The molecule has 7 nitrogen and oxygen atoms in total. The second-order valence-electron chi connectivity index (χ2n) is 5.50. The average molecular weight is 289 g/mol. The van der Waals surface area contributed by atoms with Crippen molar-refractivity contribution in [1.82, 2.24) is 14.7 Å². The van der Waals surface area contributed by atoms with Crippen LogP contribution < -0.4 is 0 Å². The molecule has 0 aromatic rings. The largest absolute Gasteiger partial charge is 0.413 e. The molecule has 0 aromatic carbocycles. The summed E-state index contributed by atoms with van der Waals surface area (Å²) in [6.07, 6.45) is -2.18. The van der Waals surface area contributed by atoms with Crippen LogP contribution in [0.3, 0.4) is 0 Å². The maximum Gasteiger partial charge on any atom is 0.413 e. The number of carbonyl (C=O) groups is 2. The summed E-state index contributed by atoms with van der Waals surface area (Å²) >= 11 is 0. The van der Waals surface area contributed by atoms with Crippen LogP contribution >= 0.6 is 0 Å². The normalized spacial score (nSPS) is 11.2. The second kappa shape index (κ2) is 7.94. The highest BCUT2D eigenvalue weighted by Crippen LogP contribution is 2.15. The van der Waals surface area contributed by atoms with E-state index in [1.165, 1.54) is 9.80 Å². The summed E-state index contributed by atoms with van der Waals surface area (Å²) in [7, 11) is 6.29. The molecule has 7 heteroatoms. The Labute approximate surface area is 121 Å². The highest BCUT2D eigenvalue weighted by Gasteiger charge is 2.31. The van der Waals surface area contributed by atoms with Gasteiger partial charge in [0.25, 0.3) is 0 Å². The smallest absolute Gasteiger partial charge is 0.394 e. The van der Waals surface area contributed by atoms with Crippen LogP contribution in [0, 0.1) is 0 Å². The van der Waals surface area contributed by atoms with Crippen LogP contribution in [0.25, 0.3) is 0 Å². The lowest BCUT2D eigenvalue weighted by Crippen LogP contribution is -2.51. The van der Waals surface area contributed by atoms with Crippen molar-refractivity contribution >= 4 is 12.2 Å². The molecule has 0 atom stereocenters. The number of hydrogen-bond acceptors (Lipinski definition) is 5. The van der Waals surface area contributed by atoms with E-state index in [0.717, 1.165) is 0 Å². The Morgan fingerprint density at radius 3 is 1.25 bits per heavy atom. The summed E-state index contributed by atoms with van der Waals surface area (Å²) in [5.74, 6) is 0. The zero-order valence-electron chi connectivity index (χ0n) is 13.7. The first-order valence-electron chi connectivity index (χ1n) is 6.61. The Morgan fingerprint density at radius 1 is 0.750 bits per heavy atom. The molecule has 0 rings (SSSR count). The third kappa shape index (κ3) is 5.64. The van der Waals surface area contributed by atoms with Crippen LogP contribution in [0.2, 0.25) is 0 Å². The van der Waals surface area contributed by atoms with Crippen molar-refractivity contribution in [2.75, 3.05) is 28.2 Å². The van der Waals surface area contributed by atoms with E-state index in [2.05, 4.69) is 0 Å². The van der Waals surface area contributed by atoms with Crippen molar-refractivity contribution in [3.8, 4) is 0 Å². The molecule has 0 aliphatic heterocycles. The molecule has 0 heterocycles. The van der Waals surface area contributed by atoms with Gasteiger partial charge >= 0.3 is 18.6 Å². The van der Waals surface area contributed by atoms with Crippen LogP contribution in [-0.2, 0) is 9.47 Å². The number of hydrogen-bond donors (Lipinski definition) is 0. The van der Waals surface area contributed by atoms with Crippen molar-refractivity contribution in [2.45, 2.75) is 46.2 Å². The van der Waals surface area contributed by atoms with Gasteiger partial charge in [0.05, 0.1) is 0 Å². The first-order chi connectivity index (χ1) is 9.07. The molecular formula is C13H27N3O4. The maximum absolute atomic E-state index is 11.7. The van der Waals surface area contributed by atoms with Gasteiger partial charge in [0.2, 0.25) is 0 Å². The van der Waals surface area contributed by atoms with Gasteiger partial charge in [0.1, 0.15) is 0 Å². The third-order valence-corrected chi connectivity index (χ3v) is 2.57. The summed E-state index contributed by atoms with van der Waals surface area (Å²) < 4.78 is 10.5. The summed E-state index contributed by atoms with van der Waals surface area (Å²) in [5.41, 5.74) is 0. The third-order valence-electron chi connectivity index (χ3n) is 2.57. The van der Waals surface area contributed by atoms with E-state index in [1.54, 1.807) is 28.2 Å². The molecular weight excluding hydrogens is 262 g/mol. The minimum atomic E-state index is -1.06. The van der Waals surface area contributed by atoms with Crippen LogP contribution in [-0.4, -0.2) is 73.6 Å². The fourth-order valence-electron chi connectivity index (χ4n) is 1.61. The van der Waals surface area contributed by atoms with Gasteiger partial charge in [-0.3, -0.25) is 0 Å². The highest BCUT2D eigenvalue weighted by molar-refractivity contribution is 5.68. The second-order valence-corrected chi connectivity index (χ2v) is 5.50. The molecule has 0 aliphatic rings. The van der Waals surface area contributed by atoms with Gasteiger partial charge in [-0.15, -0.1) is 0 Å². The van der Waals surface area contributed by atoms with E-state index >= 15 is 0 Å². The summed E-state index contributed by atoms with van der Waals surface area (Å²) in [6, 6.07) is 0.0925. The summed E-state index contributed by atoms with van der Waals surface area (Å²) in [6.45, 7) is 7.78. The van der Waals surface area contributed by atoms with E-state index in [9.17, 15) is 9.59 Å². The van der Waals surface area contributed by atoms with Crippen LogP contribution in [0.1, 0.15) is 27.7 Å². The van der Waals surface area contributed by atoms with Crippen LogP contribution in [0.15, 0.2) is 0 Å². The first kappa shape index (κ1) is 18.5.